The Kier molecular flexibility index (Phi) is 5.52. The van der Waals surface area contributed by atoms with Gasteiger partial charge in [0, 0.05) is 5.92 Å². The van der Waals surface area contributed by atoms with Crippen molar-refractivity contribution >= 4 is 12.1 Å². The van der Waals surface area contributed by atoms with E-state index in [0.717, 1.165) is 22.3 Å². The second-order valence-electron chi connectivity index (χ2n) is 9.34. The van der Waals surface area contributed by atoms with E-state index in [1.807, 2.05) is 57.2 Å². The van der Waals surface area contributed by atoms with Gasteiger partial charge in [0.15, 0.2) is 5.54 Å². The van der Waals surface area contributed by atoms with E-state index in [9.17, 15) is 14.7 Å². The molecule has 2 aromatic carbocycles. The number of alkyl carbamates (subject to hydrolysis) is 1. The van der Waals surface area contributed by atoms with Gasteiger partial charge < -0.3 is 19.9 Å². The number of carboxylic acids is 1. The van der Waals surface area contributed by atoms with Crippen LogP contribution in [0.15, 0.2) is 48.5 Å². The van der Waals surface area contributed by atoms with Crippen molar-refractivity contribution < 1.29 is 24.2 Å². The zero-order valence-electron chi connectivity index (χ0n) is 18.2. The van der Waals surface area contributed by atoms with Crippen molar-refractivity contribution in [1.82, 2.24) is 5.32 Å². The third kappa shape index (κ3) is 4.04. The third-order valence-corrected chi connectivity index (χ3v) is 6.13. The predicted octanol–water partition coefficient (Wildman–Crippen LogP) is 4.72. The Hall–Kier alpha value is -2.86. The van der Waals surface area contributed by atoms with Gasteiger partial charge in [0.05, 0.1) is 11.7 Å². The fraction of sp³-hybridized carbons (Fsp3) is 0.440. The van der Waals surface area contributed by atoms with E-state index in [2.05, 4.69) is 17.4 Å². The average molecular weight is 424 g/mol. The first kappa shape index (κ1) is 21.4. The normalized spacial score (nSPS) is 22.6. The zero-order chi connectivity index (χ0) is 22.2. The minimum atomic E-state index is -1.48. The topological polar surface area (TPSA) is 84.9 Å². The van der Waals surface area contributed by atoms with E-state index in [1.54, 1.807) is 0 Å². The minimum Gasteiger partial charge on any atom is -0.479 e. The number of ether oxygens (including phenoxy) is 2. The third-order valence-electron chi connectivity index (χ3n) is 6.13. The van der Waals surface area contributed by atoms with Crippen LogP contribution in [0.2, 0.25) is 0 Å². The highest BCUT2D eigenvalue weighted by molar-refractivity contribution is 5.86. The molecule has 2 N–H and O–H groups in total. The van der Waals surface area contributed by atoms with Gasteiger partial charge in [-0.3, -0.25) is 0 Å². The van der Waals surface area contributed by atoms with E-state index in [-0.39, 0.29) is 12.5 Å². The summed E-state index contributed by atoms with van der Waals surface area (Å²) >= 11 is 0. The lowest BCUT2D eigenvalue weighted by atomic mass is 9.94. The van der Waals surface area contributed by atoms with Crippen molar-refractivity contribution in [2.45, 2.75) is 63.2 Å². The number of carboxylic acid groups (broad SMARTS) is 1. The van der Waals surface area contributed by atoms with Gasteiger partial charge in [-0.05, 0) is 62.3 Å². The van der Waals surface area contributed by atoms with Crippen LogP contribution in [-0.2, 0) is 14.3 Å². The van der Waals surface area contributed by atoms with Crippen LogP contribution < -0.4 is 5.32 Å². The fourth-order valence-corrected chi connectivity index (χ4v) is 4.82. The fourth-order valence-electron chi connectivity index (χ4n) is 4.82. The SMILES string of the molecule is CC(C)(C)O[C@@H]1CCC[C@]1(NC(=O)OCC1c2ccccc2-c2ccccc21)C(=O)O. The first-order valence-corrected chi connectivity index (χ1v) is 10.8. The number of hydrogen-bond donors (Lipinski definition) is 2. The molecule has 0 bridgehead atoms. The lowest BCUT2D eigenvalue weighted by molar-refractivity contribution is -0.156. The van der Waals surface area contributed by atoms with Crippen LogP contribution in [0.1, 0.15) is 57.1 Å². The number of benzene rings is 2. The van der Waals surface area contributed by atoms with E-state index in [4.69, 9.17) is 9.47 Å². The second-order valence-corrected chi connectivity index (χ2v) is 9.34. The summed E-state index contributed by atoms with van der Waals surface area (Å²) in [7, 11) is 0. The van der Waals surface area contributed by atoms with Crippen molar-refractivity contribution in [2.24, 2.45) is 0 Å². The molecule has 2 aromatic rings. The monoisotopic (exact) mass is 423 g/mol. The maximum absolute atomic E-state index is 12.7. The highest BCUT2D eigenvalue weighted by Crippen LogP contribution is 2.44. The van der Waals surface area contributed by atoms with Gasteiger partial charge in [0.25, 0.3) is 0 Å². The highest BCUT2D eigenvalue weighted by atomic mass is 16.6. The van der Waals surface area contributed by atoms with Gasteiger partial charge in [-0.1, -0.05) is 48.5 Å². The lowest BCUT2D eigenvalue weighted by Gasteiger charge is -2.36. The largest absolute Gasteiger partial charge is 0.479 e. The summed E-state index contributed by atoms with van der Waals surface area (Å²) in [5.41, 5.74) is 2.51. The van der Waals surface area contributed by atoms with Crippen LogP contribution in [0.3, 0.4) is 0 Å². The van der Waals surface area contributed by atoms with Gasteiger partial charge >= 0.3 is 12.1 Å². The number of rotatable bonds is 5. The van der Waals surface area contributed by atoms with E-state index >= 15 is 0 Å². The predicted molar refractivity (Wildman–Crippen MR) is 117 cm³/mol. The smallest absolute Gasteiger partial charge is 0.408 e. The number of amides is 1. The van der Waals surface area contributed by atoms with E-state index in [1.165, 1.54) is 0 Å². The van der Waals surface area contributed by atoms with Gasteiger partial charge in [-0.25, -0.2) is 9.59 Å². The molecule has 1 amide bonds. The Bertz CT molecular complexity index is 950. The molecule has 31 heavy (non-hydrogen) atoms. The summed E-state index contributed by atoms with van der Waals surface area (Å²) in [4.78, 5) is 24.9. The number of fused-ring (bicyclic) bond motifs is 3. The van der Waals surface area contributed by atoms with Crippen LogP contribution in [0.4, 0.5) is 4.79 Å². The maximum Gasteiger partial charge on any atom is 0.408 e. The van der Waals surface area contributed by atoms with Gasteiger partial charge in [0.2, 0.25) is 0 Å². The molecule has 0 saturated heterocycles. The van der Waals surface area contributed by atoms with Crippen LogP contribution in [-0.4, -0.2) is 41.0 Å². The van der Waals surface area contributed by atoms with E-state index in [0.29, 0.717) is 19.3 Å². The van der Waals surface area contributed by atoms with Crippen LogP contribution in [0.5, 0.6) is 0 Å². The molecular formula is C25H29NO5. The number of nitrogens with one attached hydrogen (secondary N) is 1. The van der Waals surface area contributed by atoms with Crippen molar-refractivity contribution in [2.75, 3.05) is 6.61 Å². The summed E-state index contributed by atoms with van der Waals surface area (Å²) in [5.74, 6) is -1.17. The minimum absolute atomic E-state index is 0.0795. The summed E-state index contributed by atoms with van der Waals surface area (Å²) in [6.07, 6.45) is 0.219. The molecule has 0 heterocycles. The number of carbonyl (C=O) groups excluding carboxylic acids is 1. The maximum atomic E-state index is 12.7. The first-order valence-electron chi connectivity index (χ1n) is 10.8. The number of aliphatic carboxylic acids is 1. The molecule has 6 nitrogen and oxygen atoms in total. The Labute approximate surface area is 182 Å². The molecule has 0 spiro atoms. The molecule has 4 rings (SSSR count). The quantitative estimate of drug-likeness (QED) is 0.727. The Morgan fingerprint density at radius 1 is 1.06 bits per heavy atom. The molecule has 2 aliphatic carbocycles. The number of hydrogen-bond acceptors (Lipinski definition) is 4. The molecule has 0 radical (unpaired) electrons. The van der Waals surface area contributed by atoms with Crippen LogP contribution >= 0.6 is 0 Å². The van der Waals surface area contributed by atoms with Crippen molar-refractivity contribution in [1.29, 1.82) is 0 Å². The van der Waals surface area contributed by atoms with Crippen molar-refractivity contribution in [3.8, 4) is 11.1 Å². The summed E-state index contributed by atoms with van der Waals surface area (Å²) < 4.78 is 11.6. The molecular weight excluding hydrogens is 394 g/mol. The Morgan fingerprint density at radius 3 is 2.19 bits per heavy atom. The van der Waals surface area contributed by atoms with Crippen LogP contribution in [0, 0.1) is 0 Å². The van der Waals surface area contributed by atoms with Gasteiger partial charge in [-0.15, -0.1) is 0 Å². The molecule has 0 aliphatic heterocycles. The van der Waals surface area contributed by atoms with Crippen molar-refractivity contribution in [3.63, 3.8) is 0 Å². The number of carbonyl (C=O) groups is 2. The van der Waals surface area contributed by atoms with Gasteiger partial charge in [-0.2, -0.15) is 0 Å². The average Bonchev–Trinajstić information content (AvgIpc) is 3.25. The molecule has 1 saturated carbocycles. The van der Waals surface area contributed by atoms with E-state index < -0.39 is 29.3 Å². The molecule has 2 aliphatic rings. The summed E-state index contributed by atoms with van der Waals surface area (Å²) in [5, 5.41) is 12.6. The zero-order valence-corrected chi connectivity index (χ0v) is 18.2. The highest BCUT2D eigenvalue weighted by Gasteiger charge is 2.53. The lowest BCUT2D eigenvalue weighted by Crippen LogP contribution is -2.61. The standard InChI is InChI=1S/C25H29NO5/c1-24(2,3)31-21-13-8-14-25(21,22(27)28)26-23(29)30-15-20-18-11-6-4-9-16(18)17-10-5-7-12-19(17)20/h4-7,9-12,20-21H,8,13-15H2,1-3H3,(H,26,29)(H,27,28)/t21-,25-/m1/s1. The van der Waals surface area contributed by atoms with Crippen LogP contribution in [0.25, 0.3) is 11.1 Å². The second kappa shape index (κ2) is 8.00. The summed E-state index contributed by atoms with van der Waals surface area (Å²) in [6, 6.07) is 16.2. The molecule has 0 aromatic heterocycles. The summed E-state index contributed by atoms with van der Waals surface area (Å²) in [6.45, 7) is 5.78. The van der Waals surface area contributed by atoms with Crippen molar-refractivity contribution in [3.05, 3.63) is 59.7 Å². The Balaban J connectivity index is 1.49. The molecule has 0 unspecified atom stereocenters. The molecule has 1 fully saturated rings. The molecule has 6 heteroatoms. The Morgan fingerprint density at radius 2 is 1.65 bits per heavy atom. The first-order chi connectivity index (χ1) is 14.7. The molecule has 164 valence electrons. The van der Waals surface area contributed by atoms with Gasteiger partial charge in [0.1, 0.15) is 6.61 Å². The molecule has 2 atom stereocenters.